The number of carbonyl (C=O) groups is 2. The summed E-state index contributed by atoms with van der Waals surface area (Å²) in [4.78, 5) is 35.8. The van der Waals surface area contributed by atoms with Crippen LogP contribution in [0, 0.1) is 10.1 Å². The van der Waals surface area contributed by atoms with Crippen LogP contribution in [0.15, 0.2) is 42.5 Å². The van der Waals surface area contributed by atoms with E-state index in [0.29, 0.717) is 11.6 Å². The van der Waals surface area contributed by atoms with Crippen molar-refractivity contribution in [3.8, 4) is 0 Å². The summed E-state index contributed by atoms with van der Waals surface area (Å²) in [5, 5.41) is 11.7. The van der Waals surface area contributed by atoms with Crippen molar-refractivity contribution < 1.29 is 19.2 Å². The molecular weight excluding hydrogens is 383 g/mol. The monoisotopic (exact) mass is 396 g/mol. The first-order valence-electron chi connectivity index (χ1n) is 7.37. The van der Waals surface area contributed by atoms with Crippen LogP contribution in [0.4, 0.5) is 5.69 Å². The summed E-state index contributed by atoms with van der Waals surface area (Å²) < 4.78 is 4.90. The molecule has 0 radical (unpaired) electrons. The van der Waals surface area contributed by atoms with Crippen molar-refractivity contribution in [3.63, 3.8) is 0 Å². The van der Waals surface area contributed by atoms with E-state index in [2.05, 4.69) is 0 Å². The van der Waals surface area contributed by atoms with Gasteiger partial charge in [0.1, 0.15) is 5.56 Å². The number of rotatable bonds is 6. The van der Waals surface area contributed by atoms with Crippen LogP contribution in [0.1, 0.15) is 15.9 Å². The van der Waals surface area contributed by atoms with Gasteiger partial charge >= 0.3 is 5.97 Å². The average molecular weight is 397 g/mol. The SMILES string of the molecule is CN(Cc1ccc(Cl)cc1)C(=O)COC(=O)c1cc(Cl)ccc1[N+](=O)[O-]. The van der Waals surface area contributed by atoms with Crippen LogP contribution in [0.3, 0.4) is 0 Å². The summed E-state index contributed by atoms with van der Waals surface area (Å²) in [7, 11) is 1.55. The van der Waals surface area contributed by atoms with E-state index >= 15 is 0 Å². The number of carbonyl (C=O) groups excluding carboxylic acids is 2. The summed E-state index contributed by atoms with van der Waals surface area (Å²) in [5.74, 6) is -1.45. The van der Waals surface area contributed by atoms with E-state index in [9.17, 15) is 19.7 Å². The summed E-state index contributed by atoms with van der Waals surface area (Å²) in [5.41, 5.74) is 0.0964. The van der Waals surface area contributed by atoms with E-state index in [1.54, 1.807) is 31.3 Å². The van der Waals surface area contributed by atoms with Crippen molar-refractivity contribution in [2.75, 3.05) is 13.7 Å². The average Bonchev–Trinajstić information content (AvgIpc) is 2.60. The van der Waals surface area contributed by atoms with Gasteiger partial charge in [-0.3, -0.25) is 14.9 Å². The van der Waals surface area contributed by atoms with E-state index in [1.807, 2.05) is 0 Å². The number of ether oxygens (including phenoxy) is 1. The van der Waals surface area contributed by atoms with Crippen molar-refractivity contribution >= 4 is 40.8 Å². The lowest BCUT2D eigenvalue weighted by atomic mass is 10.2. The predicted molar refractivity (Wildman–Crippen MR) is 96.3 cm³/mol. The maximum Gasteiger partial charge on any atom is 0.345 e. The summed E-state index contributed by atoms with van der Waals surface area (Å²) in [6.45, 7) is -0.253. The molecule has 0 saturated carbocycles. The van der Waals surface area contributed by atoms with Crippen LogP contribution in [0.25, 0.3) is 0 Å². The standard InChI is InChI=1S/C17H14Cl2N2O5/c1-20(9-11-2-4-12(18)5-3-11)16(22)10-26-17(23)14-8-13(19)6-7-15(14)21(24)25/h2-8H,9-10H2,1H3. The van der Waals surface area contributed by atoms with Gasteiger partial charge in [0.2, 0.25) is 0 Å². The summed E-state index contributed by atoms with van der Waals surface area (Å²) in [6, 6.07) is 10.5. The molecule has 0 atom stereocenters. The van der Waals surface area contributed by atoms with Gasteiger partial charge in [-0.05, 0) is 29.8 Å². The molecule has 136 valence electrons. The molecule has 0 N–H and O–H groups in total. The first-order chi connectivity index (χ1) is 12.3. The van der Waals surface area contributed by atoms with Gasteiger partial charge in [-0.15, -0.1) is 0 Å². The smallest absolute Gasteiger partial charge is 0.345 e. The Bertz CT molecular complexity index is 840. The first-order valence-corrected chi connectivity index (χ1v) is 8.13. The molecule has 0 aromatic heterocycles. The predicted octanol–water partition coefficient (Wildman–Crippen LogP) is 3.72. The molecule has 0 bridgehead atoms. The Kier molecular flexibility index (Phi) is 6.54. The van der Waals surface area contributed by atoms with Crippen LogP contribution in [-0.4, -0.2) is 35.4 Å². The molecule has 2 rings (SSSR count). The molecule has 2 aromatic carbocycles. The number of hydrogen-bond acceptors (Lipinski definition) is 5. The number of benzene rings is 2. The highest BCUT2D eigenvalue weighted by molar-refractivity contribution is 6.31. The minimum Gasteiger partial charge on any atom is -0.452 e. The van der Waals surface area contributed by atoms with Crippen molar-refractivity contribution in [3.05, 3.63) is 73.8 Å². The topological polar surface area (TPSA) is 89.8 Å². The second-order valence-corrected chi connectivity index (χ2v) is 6.24. The number of halogens is 2. The van der Waals surface area contributed by atoms with E-state index in [-0.39, 0.29) is 10.6 Å². The Morgan fingerprint density at radius 2 is 1.73 bits per heavy atom. The zero-order valence-electron chi connectivity index (χ0n) is 13.6. The summed E-state index contributed by atoms with van der Waals surface area (Å²) >= 11 is 11.6. The molecule has 0 unspecified atom stereocenters. The van der Waals surface area contributed by atoms with E-state index in [4.69, 9.17) is 27.9 Å². The van der Waals surface area contributed by atoms with Crippen molar-refractivity contribution in [2.24, 2.45) is 0 Å². The van der Waals surface area contributed by atoms with Gasteiger partial charge in [0.05, 0.1) is 4.92 Å². The van der Waals surface area contributed by atoms with Gasteiger partial charge in [0.15, 0.2) is 6.61 Å². The number of nitro groups is 1. The van der Waals surface area contributed by atoms with Crippen LogP contribution in [0.2, 0.25) is 10.0 Å². The fourth-order valence-corrected chi connectivity index (χ4v) is 2.40. The lowest BCUT2D eigenvalue weighted by Gasteiger charge is -2.17. The van der Waals surface area contributed by atoms with Crippen LogP contribution >= 0.6 is 23.2 Å². The molecule has 26 heavy (non-hydrogen) atoms. The molecule has 7 nitrogen and oxygen atoms in total. The number of nitro benzene ring substituents is 1. The van der Waals surface area contributed by atoms with Gasteiger partial charge in [-0.2, -0.15) is 0 Å². The van der Waals surface area contributed by atoms with Gasteiger partial charge in [-0.1, -0.05) is 35.3 Å². The quantitative estimate of drug-likeness (QED) is 0.421. The lowest BCUT2D eigenvalue weighted by Crippen LogP contribution is -2.30. The molecule has 2 aromatic rings. The first kappa shape index (κ1) is 19.7. The Balaban J connectivity index is 1.98. The van der Waals surface area contributed by atoms with Crippen LogP contribution in [0.5, 0.6) is 0 Å². The molecular formula is C17H14Cl2N2O5. The minimum absolute atomic E-state index is 0.147. The van der Waals surface area contributed by atoms with Crippen molar-refractivity contribution in [1.29, 1.82) is 0 Å². The molecule has 0 spiro atoms. The number of hydrogen-bond donors (Lipinski definition) is 0. The van der Waals surface area contributed by atoms with E-state index in [1.165, 1.54) is 11.0 Å². The number of esters is 1. The molecule has 1 amide bonds. The normalized spacial score (nSPS) is 10.3. The Hall–Kier alpha value is -2.64. The molecule has 0 aliphatic heterocycles. The largest absolute Gasteiger partial charge is 0.452 e. The molecule has 0 fully saturated rings. The number of likely N-dealkylation sites (N-methyl/N-ethyl adjacent to an activating group) is 1. The molecule has 0 heterocycles. The number of amides is 1. The van der Waals surface area contributed by atoms with Gasteiger partial charge in [0, 0.05) is 29.7 Å². The number of nitrogens with zero attached hydrogens (tertiary/aromatic N) is 2. The van der Waals surface area contributed by atoms with Gasteiger partial charge in [-0.25, -0.2) is 4.79 Å². The maximum atomic E-state index is 12.1. The highest BCUT2D eigenvalue weighted by atomic mass is 35.5. The lowest BCUT2D eigenvalue weighted by molar-refractivity contribution is -0.385. The third-order valence-electron chi connectivity index (χ3n) is 3.46. The van der Waals surface area contributed by atoms with E-state index in [0.717, 1.165) is 17.7 Å². The Labute approximate surface area is 159 Å². The molecule has 0 aliphatic rings. The fourth-order valence-electron chi connectivity index (χ4n) is 2.10. The highest BCUT2D eigenvalue weighted by Crippen LogP contribution is 2.23. The minimum atomic E-state index is -0.993. The molecule has 0 aliphatic carbocycles. The molecule has 9 heteroatoms. The zero-order chi connectivity index (χ0) is 19.3. The third-order valence-corrected chi connectivity index (χ3v) is 3.95. The Morgan fingerprint density at radius 3 is 2.35 bits per heavy atom. The molecule has 0 saturated heterocycles. The summed E-state index contributed by atoms with van der Waals surface area (Å²) in [6.07, 6.45) is 0. The van der Waals surface area contributed by atoms with E-state index < -0.39 is 29.1 Å². The Morgan fingerprint density at radius 1 is 1.12 bits per heavy atom. The second-order valence-electron chi connectivity index (χ2n) is 5.37. The zero-order valence-corrected chi connectivity index (χ0v) is 15.2. The fraction of sp³-hybridized carbons (Fsp3) is 0.176. The van der Waals surface area contributed by atoms with Crippen LogP contribution < -0.4 is 0 Å². The van der Waals surface area contributed by atoms with Gasteiger partial charge in [0.25, 0.3) is 11.6 Å². The third kappa shape index (κ3) is 5.18. The second kappa shape index (κ2) is 8.64. The van der Waals surface area contributed by atoms with Gasteiger partial charge < -0.3 is 9.64 Å². The van der Waals surface area contributed by atoms with Crippen molar-refractivity contribution in [2.45, 2.75) is 6.54 Å². The maximum absolute atomic E-state index is 12.1. The van der Waals surface area contributed by atoms with Crippen molar-refractivity contribution in [1.82, 2.24) is 4.90 Å². The van der Waals surface area contributed by atoms with Crippen LogP contribution in [-0.2, 0) is 16.1 Å². The highest BCUT2D eigenvalue weighted by Gasteiger charge is 2.23.